The minimum absolute atomic E-state index is 0.103. The monoisotopic (exact) mass is 301 g/mol. The second-order valence-electron chi connectivity index (χ2n) is 4.29. The second-order valence-corrected chi connectivity index (χ2v) is 5.82. The topological polar surface area (TPSA) is 95.7 Å². The number of methoxy groups -OCH3 is 1. The zero-order chi connectivity index (χ0) is 15.2. The maximum atomic E-state index is 11.7. The molecule has 1 aromatic rings. The van der Waals surface area contributed by atoms with E-state index >= 15 is 0 Å². The standard InChI is InChI=1S/C13H19NO5S/c1-3-4-5-6-13(15)19-11-9-10(18-2)7-8-12(11)20(14,16)17/h7-9H,3-6H2,1-2H3,(H2,14,16,17). The summed E-state index contributed by atoms with van der Waals surface area (Å²) in [4.78, 5) is 11.4. The summed E-state index contributed by atoms with van der Waals surface area (Å²) in [5.41, 5.74) is 0. The third-order valence-electron chi connectivity index (χ3n) is 2.67. The van der Waals surface area contributed by atoms with Crippen molar-refractivity contribution in [1.29, 1.82) is 0 Å². The van der Waals surface area contributed by atoms with Crippen LogP contribution in [0.1, 0.15) is 32.6 Å². The molecule has 2 N–H and O–H groups in total. The van der Waals surface area contributed by atoms with Crippen LogP contribution < -0.4 is 14.6 Å². The average molecular weight is 301 g/mol. The van der Waals surface area contributed by atoms with Gasteiger partial charge in [0.25, 0.3) is 0 Å². The Bertz CT molecular complexity index is 568. The van der Waals surface area contributed by atoms with Gasteiger partial charge in [-0.3, -0.25) is 4.79 Å². The van der Waals surface area contributed by atoms with Crippen molar-refractivity contribution in [2.45, 2.75) is 37.5 Å². The van der Waals surface area contributed by atoms with E-state index in [1.807, 2.05) is 6.92 Å². The predicted molar refractivity (Wildman–Crippen MR) is 74.1 cm³/mol. The summed E-state index contributed by atoms with van der Waals surface area (Å²) in [6, 6.07) is 4.02. The van der Waals surface area contributed by atoms with Gasteiger partial charge in [0, 0.05) is 12.5 Å². The third kappa shape index (κ3) is 4.82. The number of carbonyl (C=O) groups excluding carboxylic acids is 1. The van der Waals surface area contributed by atoms with Crippen LogP contribution in [-0.2, 0) is 14.8 Å². The molecule has 0 saturated carbocycles. The van der Waals surface area contributed by atoms with E-state index in [2.05, 4.69) is 0 Å². The van der Waals surface area contributed by atoms with Crippen LogP contribution >= 0.6 is 0 Å². The molecule has 0 aromatic heterocycles. The lowest BCUT2D eigenvalue weighted by atomic mass is 10.2. The fraction of sp³-hybridized carbons (Fsp3) is 0.462. The minimum Gasteiger partial charge on any atom is -0.497 e. The van der Waals surface area contributed by atoms with E-state index in [4.69, 9.17) is 14.6 Å². The third-order valence-corrected chi connectivity index (χ3v) is 3.62. The normalized spacial score (nSPS) is 11.2. The number of ether oxygens (including phenoxy) is 2. The van der Waals surface area contributed by atoms with Gasteiger partial charge >= 0.3 is 5.97 Å². The van der Waals surface area contributed by atoms with Crippen LogP contribution in [0, 0.1) is 0 Å². The zero-order valence-electron chi connectivity index (χ0n) is 11.6. The van der Waals surface area contributed by atoms with Crippen molar-refractivity contribution in [3.63, 3.8) is 0 Å². The Hall–Kier alpha value is -1.60. The van der Waals surface area contributed by atoms with Crippen molar-refractivity contribution in [1.82, 2.24) is 0 Å². The highest BCUT2D eigenvalue weighted by molar-refractivity contribution is 7.89. The number of primary sulfonamides is 1. The molecule has 0 aliphatic rings. The molecule has 0 radical (unpaired) electrons. The molecule has 0 amide bonds. The Morgan fingerprint density at radius 3 is 2.55 bits per heavy atom. The maximum absolute atomic E-state index is 11.7. The van der Waals surface area contributed by atoms with E-state index in [9.17, 15) is 13.2 Å². The van der Waals surface area contributed by atoms with Gasteiger partial charge in [-0.2, -0.15) is 0 Å². The van der Waals surface area contributed by atoms with Crippen molar-refractivity contribution in [2.75, 3.05) is 7.11 Å². The summed E-state index contributed by atoms with van der Waals surface area (Å²) < 4.78 is 32.9. The van der Waals surface area contributed by atoms with Crippen molar-refractivity contribution >= 4 is 16.0 Å². The molecule has 112 valence electrons. The highest BCUT2D eigenvalue weighted by Gasteiger charge is 2.18. The van der Waals surface area contributed by atoms with Gasteiger partial charge < -0.3 is 9.47 Å². The molecule has 0 unspecified atom stereocenters. The van der Waals surface area contributed by atoms with Gasteiger partial charge in [-0.25, -0.2) is 13.6 Å². The number of hydrogen-bond acceptors (Lipinski definition) is 5. The lowest BCUT2D eigenvalue weighted by molar-refractivity contribution is -0.134. The number of esters is 1. The molecule has 0 heterocycles. The van der Waals surface area contributed by atoms with E-state index in [0.717, 1.165) is 12.8 Å². The van der Waals surface area contributed by atoms with Gasteiger partial charge in [-0.05, 0) is 18.6 Å². The summed E-state index contributed by atoms with van der Waals surface area (Å²) in [6.07, 6.45) is 2.82. The first kappa shape index (κ1) is 16.5. The lowest BCUT2D eigenvalue weighted by Crippen LogP contribution is -2.16. The molecule has 0 bridgehead atoms. The number of nitrogens with two attached hydrogens (primary N) is 1. The van der Waals surface area contributed by atoms with Gasteiger partial charge in [0.15, 0.2) is 5.75 Å². The molecule has 7 heteroatoms. The Kier molecular flexibility index (Phi) is 5.97. The largest absolute Gasteiger partial charge is 0.497 e. The molecule has 0 fully saturated rings. The van der Waals surface area contributed by atoms with Crippen molar-refractivity contribution in [3.8, 4) is 11.5 Å². The number of unbranched alkanes of at least 4 members (excludes halogenated alkanes) is 2. The number of rotatable bonds is 7. The van der Waals surface area contributed by atoms with Crippen LogP contribution in [0.2, 0.25) is 0 Å². The van der Waals surface area contributed by atoms with Crippen molar-refractivity contribution in [3.05, 3.63) is 18.2 Å². The van der Waals surface area contributed by atoms with E-state index in [1.54, 1.807) is 0 Å². The number of carbonyl (C=O) groups is 1. The number of sulfonamides is 1. The molecular weight excluding hydrogens is 282 g/mol. The highest BCUT2D eigenvalue weighted by atomic mass is 32.2. The Balaban J connectivity index is 2.94. The van der Waals surface area contributed by atoms with Gasteiger partial charge in [-0.15, -0.1) is 0 Å². The molecule has 0 spiro atoms. The first-order valence-corrected chi connectivity index (χ1v) is 7.84. The van der Waals surface area contributed by atoms with E-state index in [0.29, 0.717) is 12.2 Å². The fourth-order valence-corrected chi connectivity index (χ4v) is 2.26. The van der Waals surface area contributed by atoms with Gasteiger partial charge in [0.05, 0.1) is 7.11 Å². The lowest BCUT2D eigenvalue weighted by Gasteiger charge is -2.10. The molecule has 6 nitrogen and oxygen atoms in total. The molecule has 0 atom stereocenters. The van der Waals surface area contributed by atoms with Crippen molar-refractivity contribution in [2.24, 2.45) is 5.14 Å². The smallest absolute Gasteiger partial charge is 0.311 e. The van der Waals surface area contributed by atoms with Crippen LogP contribution in [-0.4, -0.2) is 21.5 Å². The summed E-state index contributed by atoms with van der Waals surface area (Å²) in [6.45, 7) is 2.02. The summed E-state index contributed by atoms with van der Waals surface area (Å²) in [5, 5.41) is 5.09. The molecule has 1 aromatic carbocycles. The minimum atomic E-state index is -3.96. The molecular formula is C13H19NO5S. The first-order valence-electron chi connectivity index (χ1n) is 6.30. The summed E-state index contributed by atoms with van der Waals surface area (Å²) in [7, 11) is -2.53. The van der Waals surface area contributed by atoms with Gasteiger partial charge in [0.1, 0.15) is 10.6 Å². The maximum Gasteiger partial charge on any atom is 0.311 e. The predicted octanol–water partition coefficient (Wildman–Crippen LogP) is 1.83. The average Bonchev–Trinajstić information content (AvgIpc) is 2.37. The Labute approximate surface area is 118 Å². The van der Waals surface area contributed by atoms with Crippen LogP contribution in [0.25, 0.3) is 0 Å². The van der Waals surface area contributed by atoms with Crippen molar-refractivity contribution < 1.29 is 22.7 Å². The van der Waals surface area contributed by atoms with Gasteiger partial charge in [0.2, 0.25) is 10.0 Å². The molecule has 20 heavy (non-hydrogen) atoms. The van der Waals surface area contributed by atoms with Crippen LogP contribution in [0.4, 0.5) is 0 Å². The molecule has 0 aliphatic heterocycles. The fourth-order valence-electron chi connectivity index (χ4n) is 1.62. The van der Waals surface area contributed by atoms with E-state index < -0.39 is 16.0 Å². The highest BCUT2D eigenvalue weighted by Crippen LogP contribution is 2.28. The van der Waals surface area contributed by atoms with E-state index in [-0.39, 0.29) is 17.1 Å². The Morgan fingerprint density at radius 1 is 1.30 bits per heavy atom. The molecule has 0 aliphatic carbocycles. The van der Waals surface area contributed by atoms with Crippen LogP contribution in [0.15, 0.2) is 23.1 Å². The first-order chi connectivity index (χ1) is 9.38. The molecule has 1 rings (SSSR count). The van der Waals surface area contributed by atoms with Gasteiger partial charge in [-0.1, -0.05) is 19.8 Å². The van der Waals surface area contributed by atoms with Crippen LogP contribution in [0.5, 0.6) is 11.5 Å². The number of hydrogen-bond donors (Lipinski definition) is 1. The quantitative estimate of drug-likeness (QED) is 0.471. The molecule has 0 saturated heterocycles. The van der Waals surface area contributed by atoms with Crippen LogP contribution in [0.3, 0.4) is 0 Å². The Morgan fingerprint density at radius 2 is 2.00 bits per heavy atom. The zero-order valence-corrected chi connectivity index (χ0v) is 12.4. The SMILES string of the molecule is CCCCCC(=O)Oc1cc(OC)ccc1S(N)(=O)=O. The summed E-state index contributed by atoms with van der Waals surface area (Å²) in [5.74, 6) is -0.210. The van der Waals surface area contributed by atoms with E-state index in [1.165, 1.54) is 25.3 Å². The summed E-state index contributed by atoms with van der Waals surface area (Å²) >= 11 is 0. The second kappa shape index (κ2) is 7.25. The number of benzene rings is 1.